The molecule has 0 N–H and O–H groups in total. The lowest BCUT2D eigenvalue weighted by Crippen LogP contribution is -2.51. The number of benzene rings is 3. The van der Waals surface area contributed by atoms with Crippen molar-refractivity contribution in [3.05, 3.63) is 95.8 Å². The summed E-state index contributed by atoms with van der Waals surface area (Å²) in [6.07, 6.45) is 6.41. The largest absolute Gasteiger partial charge is 0.300 e. The van der Waals surface area contributed by atoms with Crippen molar-refractivity contribution >= 4 is 15.7 Å². The molecule has 2 unspecified atom stereocenters. The Hall–Kier alpha value is -2.70. The monoisotopic (exact) mass is 506 g/mol. The summed E-state index contributed by atoms with van der Waals surface area (Å²) in [7, 11) is -3.79. The van der Waals surface area contributed by atoms with E-state index in [1.54, 1.807) is 28.6 Å². The fourth-order valence-electron chi connectivity index (χ4n) is 6.05. The Balaban J connectivity index is 1.39. The van der Waals surface area contributed by atoms with E-state index in [-0.39, 0.29) is 16.8 Å². The Morgan fingerprint density at radius 3 is 2.11 bits per heavy atom. The van der Waals surface area contributed by atoms with Crippen LogP contribution in [0, 0.1) is 12.7 Å². The molecule has 1 aliphatic carbocycles. The molecule has 0 aromatic heterocycles. The van der Waals surface area contributed by atoms with Gasteiger partial charge >= 0.3 is 0 Å². The first-order valence-electron chi connectivity index (χ1n) is 13.1. The van der Waals surface area contributed by atoms with Gasteiger partial charge in [-0.25, -0.2) is 12.8 Å². The van der Waals surface area contributed by atoms with Crippen LogP contribution in [-0.2, 0) is 10.0 Å². The Kier molecular flexibility index (Phi) is 7.44. The van der Waals surface area contributed by atoms with Gasteiger partial charge in [0.15, 0.2) is 0 Å². The van der Waals surface area contributed by atoms with Crippen molar-refractivity contribution in [2.75, 3.05) is 17.4 Å². The summed E-state index contributed by atoms with van der Waals surface area (Å²) in [4.78, 5) is 2.87. The molecular formula is C30H35FN2O2S. The van der Waals surface area contributed by atoms with E-state index in [1.165, 1.54) is 43.4 Å². The second kappa shape index (κ2) is 10.7. The van der Waals surface area contributed by atoms with Gasteiger partial charge in [-0.05, 0) is 80.5 Å². The van der Waals surface area contributed by atoms with E-state index >= 15 is 0 Å². The summed E-state index contributed by atoms with van der Waals surface area (Å²) in [5.74, 6) is 0.159. The van der Waals surface area contributed by atoms with Gasteiger partial charge in [0.25, 0.3) is 10.0 Å². The molecule has 0 bridgehead atoms. The minimum Gasteiger partial charge on any atom is -0.300 e. The summed E-state index contributed by atoms with van der Waals surface area (Å²) in [6, 6.07) is 24.0. The van der Waals surface area contributed by atoms with Crippen LogP contribution in [0.25, 0.3) is 0 Å². The first-order valence-corrected chi connectivity index (χ1v) is 14.5. The van der Waals surface area contributed by atoms with Crippen LogP contribution in [0.5, 0.6) is 0 Å². The van der Waals surface area contributed by atoms with E-state index in [0.717, 1.165) is 31.5 Å². The lowest BCUT2D eigenvalue weighted by atomic mass is 9.78. The summed E-state index contributed by atoms with van der Waals surface area (Å²) in [6.45, 7) is 3.66. The highest BCUT2D eigenvalue weighted by atomic mass is 32.2. The highest BCUT2D eigenvalue weighted by Crippen LogP contribution is 2.38. The van der Waals surface area contributed by atoms with Gasteiger partial charge in [-0.2, -0.15) is 0 Å². The van der Waals surface area contributed by atoms with Crippen molar-refractivity contribution < 1.29 is 12.8 Å². The maximum atomic E-state index is 13.9. The number of hydrogen-bond acceptors (Lipinski definition) is 3. The van der Waals surface area contributed by atoms with Gasteiger partial charge in [-0.3, -0.25) is 9.21 Å². The smallest absolute Gasteiger partial charge is 0.264 e. The normalized spacial score (nSPS) is 21.8. The van der Waals surface area contributed by atoms with Crippen LogP contribution in [0.2, 0.25) is 0 Å². The van der Waals surface area contributed by atoms with Gasteiger partial charge in [0.05, 0.1) is 10.6 Å². The predicted octanol–water partition coefficient (Wildman–Crippen LogP) is 6.52. The summed E-state index contributed by atoms with van der Waals surface area (Å²) in [5, 5.41) is 0. The average Bonchev–Trinajstić information content (AvgIpc) is 2.91. The van der Waals surface area contributed by atoms with Gasteiger partial charge < -0.3 is 0 Å². The molecule has 36 heavy (non-hydrogen) atoms. The number of nitrogens with zero attached hydrogens (tertiary/aromatic N) is 2. The molecule has 1 heterocycles. The molecular weight excluding hydrogens is 471 g/mol. The third-order valence-electron chi connectivity index (χ3n) is 7.92. The molecule has 0 amide bonds. The number of anilines is 1. The van der Waals surface area contributed by atoms with Gasteiger partial charge in [0.1, 0.15) is 5.82 Å². The quantitative estimate of drug-likeness (QED) is 0.382. The molecule has 2 aliphatic rings. The fraction of sp³-hybridized carbons (Fsp3) is 0.400. The van der Waals surface area contributed by atoms with Crippen molar-refractivity contribution in [2.24, 2.45) is 0 Å². The van der Waals surface area contributed by atoms with Gasteiger partial charge in [0, 0.05) is 25.2 Å². The van der Waals surface area contributed by atoms with Crippen LogP contribution in [0.3, 0.4) is 0 Å². The number of halogens is 1. The van der Waals surface area contributed by atoms with E-state index in [2.05, 4.69) is 35.2 Å². The highest BCUT2D eigenvalue weighted by molar-refractivity contribution is 7.92. The Morgan fingerprint density at radius 1 is 0.806 bits per heavy atom. The van der Waals surface area contributed by atoms with E-state index in [1.807, 2.05) is 19.1 Å². The standard InChI is InChI=1S/C30H35FN2O2S/c1-23-11-17-28(18-12-23)36(34,35)33(26-15-13-25(31)14-16-26)27-19-21-32(22-20-27)30-10-6-5-9-29(30)24-7-3-2-4-8-24/h2-4,7-8,11-18,27,29-30H,5-6,9-10,19-22H2,1H3. The zero-order chi connectivity index (χ0) is 25.1. The molecule has 6 heteroatoms. The molecule has 190 valence electrons. The molecule has 0 spiro atoms. The van der Waals surface area contributed by atoms with Crippen LogP contribution in [-0.4, -0.2) is 38.5 Å². The van der Waals surface area contributed by atoms with E-state index in [9.17, 15) is 12.8 Å². The lowest BCUT2D eigenvalue weighted by molar-refractivity contribution is 0.107. The molecule has 1 saturated heterocycles. The molecule has 5 rings (SSSR count). The molecule has 3 aromatic rings. The van der Waals surface area contributed by atoms with Crippen LogP contribution in [0.4, 0.5) is 10.1 Å². The zero-order valence-electron chi connectivity index (χ0n) is 20.9. The summed E-state index contributed by atoms with van der Waals surface area (Å²) < 4.78 is 43.0. The third-order valence-corrected chi connectivity index (χ3v) is 9.81. The van der Waals surface area contributed by atoms with Crippen LogP contribution in [0.1, 0.15) is 55.6 Å². The minimum absolute atomic E-state index is 0.170. The summed E-state index contributed by atoms with van der Waals surface area (Å²) in [5.41, 5.74) is 2.95. The minimum atomic E-state index is -3.79. The maximum Gasteiger partial charge on any atom is 0.264 e. The van der Waals surface area contributed by atoms with Crippen molar-refractivity contribution in [3.8, 4) is 0 Å². The number of piperidine rings is 1. The number of hydrogen-bond donors (Lipinski definition) is 0. The van der Waals surface area contributed by atoms with Crippen molar-refractivity contribution in [1.82, 2.24) is 4.90 Å². The van der Waals surface area contributed by atoms with Crippen LogP contribution < -0.4 is 4.31 Å². The van der Waals surface area contributed by atoms with E-state index in [4.69, 9.17) is 0 Å². The molecule has 4 nitrogen and oxygen atoms in total. The van der Waals surface area contributed by atoms with Gasteiger partial charge in [-0.15, -0.1) is 0 Å². The number of likely N-dealkylation sites (tertiary alicyclic amines) is 1. The first-order chi connectivity index (χ1) is 17.4. The summed E-state index contributed by atoms with van der Waals surface area (Å²) >= 11 is 0. The lowest BCUT2D eigenvalue weighted by Gasteiger charge is -2.45. The molecule has 0 radical (unpaired) electrons. The molecule has 2 atom stereocenters. The van der Waals surface area contributed by atoms with Crippen molar-refractivity contribution in [1.29, 1.82) is 0 Å². The molecule has 3 aromatic carbocycles. The highest BCUT2D eigenvalue weighted by Gasteiger charge is 2.38. The first kappa shape index (κ1) is 25.0. The van der Waals surface area contributed by atoms with Crippen LogP contribution in [0.15, 0.2) is 83.8 Å². The number of rotatable bonds is 6. The Morgan fingerprint density at radius 2 is 1.44 bits per heavy atom. The van der Waals surface area contributed by atoms with Crippen molar-refractivity contribution in [2.45, 2.75) is 68.3 Å². The Labute approximate surface area is 214 Å². The Bertz CT molecular complexity index is 1240. The number of aryl methyl sites for hydroxylation is 1. The molecule has 1 aliphatic heterocycles. The van der Waals surface area contributed by atoms with E-state index < -0.39 is 10.0 Å². The predicted molar refractivity (Wildman–Crippen MR) is 143 cm³/mol. The second-order valence-corrected chi connectivity index (χ2v) is 12.0. The zero-order valence-corrected chi connectivity index (χ0v) is 21.7. The van der Waals surface area contributed by atoms with Gasteiger partial charge in [0.2, 0.25) is 0 Å². The van der Waals surface area contributed by atoms with Crippen molar-refractivity contribution in [3.63, 3.8) is 0 Å². The SMILES string of the molecule is Cc1ccc(S(=O)(=O)N(c2ccc(F)cc2)C2CCN(C3CCCCC3c3ccccc3)CC2)cc1. The molecule has 2 fully saturated rings. The number of sulfonamides is 1. The molecule has 1 saturated carbocycles. The third kappa shape index (κ3) is 5.21. The van der Waals surface area contributed by atoms with E-state index in [0.29, 0.717) is 17.6 Å². The topological polar surface area (TPSA) is 40.6 Å². The average molecular weight is 507 g/mol. The maximum absolute atomic E-state index is 13.9. The van der Waals surface area contributed by atoms with Crippen LogP contribution >= 0.6 is 0 Å². The second-order valence-electron chi connectivity index (χ2n) is 10.2. The van der Waals surface area contributed by atoms with Gasteiger partial charge in [-0.1, -0.05) is 60.9 Å². The fourth-order valence-corrected chi connectivity index (χ4v) is 7.76.